The number of hydrogen-bond donors (Lipinski definition) is 2. The molecule has 206 valence electrons. The first-order chi connectivity index (χ1) is 18.8. The van der Waals surface area contributed by atoms with E-state index in [4.69, 9.17) is 9.47 Å². The molecule has 9 nitrogen and oxygen atoms in total. The summed E-state index contributed by atoms with van der Waals surface area (Å²) in [5.74, 6) is -1.44. The van der Waals surface area contributed by atoms with Crippen LogP contribution in [0.3, 0.4) is 0 Å². The Hall–Kier alpha value is -3.42. The number of benzene rings is 2. The van der Waals surface area contributed by atoms with Gasteiger partial charge in [0, 0.05) is 79.5 Å². The van der Waals surface area contributed by atoms with Crippen molar-refractivity contribution in [2.24, 2.45) is 7.05 Å². The predicted octanol–water partition coefficient (Wildman–Crippen LogP) is 3.36. The number of aromatic nitrogens is 2. The highest BCUT2D eigenvalue weighted by atomic mass is 32.2. The van der Waals surface area contributed by atoms with E-state index in [0.29, 0.717) is 54.0 Å². The van der Waals surface area contributed by atoms with E-state index in [2.05, 4.69) is 14.6 Å². The van der Waals surface area contributed by atoms with Gasteiger partial charge >= 0.3 is 0 Å². The zero-order valence-corrected chi connectivity index (χ0v) is 22.0. The number of morpholine rings is 1. The zero-order valence-electron chi connectivity index (χ0n) is 21.2. The van der Waals surface area contributed by atoms with Crippen molar-refractivity contribution in [2.75, 3.05) is 32.8 Å². The van der Waals surface area contributed by atoms with E-state index < -0.39 is 22.9 Å². The summed E-state index contributed by atoms with van der Waals surface area (Å²) in [6, 6.07) is 8.31. The summed E-state index contributed by atoms with van der Waals surface area (Å²) in [5, 5.41) is 0.713. The van der Waals surface area contributed by atoms with Crippen LogP contribution in [0.25, 0.3) is 22.0 Å². The Kier molecular flexibility index (Phi) is 8.19. The lowest BCUT2D eigenvalue weighted by Gasteiger charge is -2.26. The third-order valence-corrected chi connectivity index (χ3v) is 7.11. The smallest absolute Gasteiger partial charge is 0.274 e. The van der Waals surface area contributed by atoms with E-state index in [0.717, 1.165) is 36.3 Å². The Balaban J connectivity index is 1.64. The van der Waals surface area contributed by atoms with Crippen LogP contribution in [0.2, 0.25) is 0 Å². The van der Waals surface area contributed by atoms with Gasteiger partial charge in [-0.05, 0) is 41.8 Å². The van der Waals surface area contributed by atoms with Gasteiger partial charge in [-0.2, -0.15) is 0 Å². The maximum atomic E-state index is 14.5. The summed E-state index contributed by atoms with van der Waals surface area (Å²) in [4.78, 5) is 18.4. The zero-order chi connectivity index (χ0) is 27.5. The first-order valence-electron chi connectivity index (χ1n) is 12.4. The second kappa shape index (κ2) is 11.8. The number of hydrogen-bond acceptors (Lipinski definition) is 6. The number of aryl methyl sites for hydroxylation is 1. The lowest BCUT2D eigenvalue weighted by Crippen LogP contribution is -2.35. The number of nitrogens with one attached hydrogen (secondary N) is 2. The van der Waals surface area contributed by atoms with Crippen molar-refractivity contribution >= 4 is 22.2 Å². The summed E-state index contributed by atoms with van der Waals surface area (Å²) in [6.07, 6.45) is 3.91. The number of fused-ring (bicyclic) bond motifs is 1. The molecule has 0 spiro atoms. The van der Waals surface area contributed by atoms with Gasteiger partial charge in [0.25, 0.3) is 5.56 Å². The summed E-state index contributed by atoms with van der Waals surface area (Å²) in [5.41, 5.74) is 3.17. The molecule has 0 bridgehead atoms. The molecule has 2 aromatic heterocycles. The minimum absolute atomic E-state index is 0.155. The fraction of sp³-hybridized carbons (Fsp3) is 0.296. The van der Waals surface area contributed by atoms with Crippen LogP contribution in [0.5, 0.6) is 11.5 Å². The van der Waals surface area contributed by atoms with Crippen molar-refractivity contribution in [3.05, 3.63) is 81.9 Å². The molecule has 2 aromatic carbocycles. The van der Waals surface area contributed by atoms with Crippen LogP contribution >= 0.6 is 0 Å². The number of ether oxygens (including phenoxy) is 2. The number of rotatable bonds is 9. The number of aromatic amines is 1. The molecule has 0 radical (unpaired) electrons. The maximum absolute atomic E-state index is 14.5. The normalized spacial score (nSPS) is 15.1. The van der Waals surface area contributed by atoms with Crippen LogP contribution in [-0.4, -0.2) is 56.1 Å². The van der Waals surface area contributed by atoms with E-state index >= 15 is 0 Å². The van der Waals surface area contributed by atoms with E-state index in [9.17, 15) is 22.3 Å². The Labute approximate surface area is 225 Å². The topological polar surface area (TPSA) is 112 Å². The molecule has 12 heteroatoms. The van der Waals surface area contributed by atoms with Crippen molar-refractivity contribution in [3.63, 3.8) is 0 Å². The summed E-state index contributed by atoms with van der Waals surface area (Å²) < 4.78 is 65.2. The van der Waals surface area contributed by atoms with Crippen LogP contribution in [0.1, 0.15) is 11.1 Å². The third kappa shape index (κ3) is 6.10. The molecule has 1 aliphatic heterocycles. The Morgan fingerprint density at radius 1 is 1.13 bits per heavy atom. The predicted molar refractivity (Wildman–Crippen MR) is 142 cm³/mol. The average molecular weight is 558 g/mol. The molecule has 2 N–H and O–H groups in total. The van der Waals surface area contributed by atoms with Gasteiger partial charge in [0.05, 0.1) is 13.2 Å². The highest BCUT2D eigenvalue weighted by Crippen LogP contribution is 2.39. The fourth-order valence-corrected chi connectivity index (χ4v) is 5.02. The van der Waals surface area contributed by atoms with Gasteiger partial charge in [-0.3, -0.25) is 13.9 Å². The highest BCUT2D eigenvalue weighted by molar-refractivity contribution is 7.77. The van der Waals surface area contributed by atoms with Crippen LogP contribution in [-0.2, 0) is 36.0 Å². The van der Waals surface area contributed by atoms with Crippen LogP contribution < -0.4 is 15.0 Å². The van der Waals surface area contributed by atoms with E-state index in [1.54, 1.807) is 25.4 Å². The minimum atomic E-state index is -2.39. The summed E-state index contributed by atoms with van der Waals surface area (Å²) >= 11 is -2.39. The molecule has 1 unspecified atom stereocenters. The van der Waals surface area contributed by atoms with Gasteiger partial charge in [-0.25, -0.2) is 13.5 Å². The second-order valence-corrected chi connectivity index (χ2v) is 10.1. The van der Waals surface area contributed by atoms with E-state index in [-0.39, 0.29) is 17.9 Å². The maximum Gasteiger partial charge on any atom is 0.274 e. The quantitative estimate of drug-likeness (QED) is 0.306. The molecule has 1 saturated heterocycles. The number of pyridine rings is 1. The molecule has 4 aromatic rings. The van der Waals surface area contributed by atoms with Crippen molar-refractivity contribution in [1.29, 1.82) is 0 Å². The molecular formula is C27H27F2N4O5S-. The largest absolute Gasteiger partial charge is 0.760 e. The Bertz CT molecular complexity index is 1580. The number of nitrogens with zero attached hydrogens (tertiary/aromatic N) is 2. The molecule has 0 amide bonds. The fourth-order valence-electron chi connectivity index (χ4n) is 4.75. The summed E-state index contributed by atoms with van der Waals surface area (Å²) in [6.45, 7) is 3.54. The van der Waals surface area contributed by atoms with Crippen LogP contribution in [0.15, 0.2) is 53.6 Å². The van der Waals surface area contributed by atoms with E-state index in [1.807, 2.05) is 12.3 Å². The van der Waals surface area contributed by atoms with Crippen molar-refractivity contribution in [2.45, 2.75) is 13.0 Å². The lowest BCUT2D eigenvalue weighted by atomic mass is 9.97. The Morgan fingerprint density at radius 2 is 1.90 bits per heavy atom. The second-order valence-electron chi connectivity index (χ2n) is 9.30. The molecule has 0 aliphatic carbocycles. The van der Waals surface area contributed by atoms with Gasteiger partial charge < -0.3 is 23.6 Å². The molecular weight excluding hydrogens is 530 g/mol. The van der Waals surface area contributed by atoms with Gasteiger partial charge in [0.2, 0.25) is 0 Å². The molecule has 1 fully saturated rings. The highest BCUT2D eigenvalue weighted by Gasteiger charge is 2.21. The van der Waals surface area contributed by atoms with Gasteiger partial charge in [-0.1, -0.05) is 6.07 Å². The molecule has 1 atom stereocenters. The molecule has 39 heavy (non-hydrogen) atoms. The number of halogens is 2. The standard InChI is InChI=1S/C27H28F2N4O5S/c1-32-16-21(25-18(14-30-26(25)27(32)34)15-33-8-10-37-11-9-33)20-12-17(6-7-31-39(35)36)2-4-23(20)38-24-5-3-19(28)13-22(24)29/h2-5,12-14,16,30-31H,6-11,15H2,1H3,(H,35,36)/p-1. The first kappa shape index (κ1) is 27.2. The van der Waals surface area contributed by atoms with Crippen molar-refractivity contribution in [3.8, 4) is 22.6 Å². The molecule has 5 rings (SSSR count). The molecule has 3 heterocycles. The molecule has 0 saturated carbocycles. The summed E-state index contributed by atoms with van der Waals surface area (Å²) in [7, 11) is 1.64. The SMILES string of the molecule is Cn1cc(-c2cc(CCNS(=O)[O-])ccc2Oc2ccc(F)cc2F)c2c(CN3CCOCC3)c[nH]c2c1=O. The Morgan fingerprint density at radius 3 is 2.64 bits per heavy atom. The van der Waals surface area contributed by atoms with Crippen LogP contribution in [0, 0.1) is 11.6 Å². The average Bonchev–Trinajstić information content (AvgIpc) is 3.32. The van der Waals surface area contributed by atoms with Gasteiger partial charge in [0.15, 0.2) is 11.6 Å². The lowest BCUT2D eigenvalue weighted by molar-refractivity contribution is 0.0344. The molecule has 1 aliphatic rings. The van der Waals surface area contributed by atoms with E-state index in [1.165, 1.54) is 10.6 Å². The van der Waals surface area contributed by atoms with Gasteiger partial charge in [0.1, 0.15) is 17.1 Å². The monoisotopic (exact) mass is 557 g/mol. The number of H-pyrrole nitrogens is 1. The van der Waals surface area contributed by atoms with Crippen molar-refractivity contribution in [1.82, 2.24) is 19.2 Å². The minimum Gasteiger partial charge on any atom is -0.760 e. The van der Waals surface area contributed by atoms with Crippen LogP contribution in [0.4, 0.5) is 8.78 Å². The first-order valence-corrected chi connectivity index (χ1v) is 13.5. The van der Waals surface area contributed by atoms with Crippen molar-refractivity contribution < 1.29 is 27.0 Å². The third-order valence-electron chi connectivity index (χ3n) is 6.67. The van der Waals surface area contributed by atoms with Gasteiger partial charge in [-0.15, -0.1) is 0 Å².